The van der Waals surface area contributed by atoms with Crippen LogP contribution in [0.3, 0.4) is 0 Å². The summed E-state index contributed by atoms with van der Waals surface area (Å²) in [5.74, 6) is -2.05. The molecule has 2 N–H and O–H groups in total. The number of fused-ring (bicyclic) bond motifs is 1. The summed E-state index contributed by atoms with van der Waals surface area (Å²) in [5, 5.41) is 19.0. The van der Waals surface area contributed by atoms with Gasteiger partial charge < -0.3 is 15.1 Å². The van der Waals surface area contributed by atoms with Crippen LogP contribution in [0.2, 0.25) is 0 Å². The van der Waals surface area contributed by atoms with Crippen LogP contribution in [0.15, 0.2) is 24.3 Å². The fourth-order valence-corrected chi connectivity index (χ4v) is 3.58. The molecule has 3 rings (SSSR count). The van der Waals surface area contributed by atoms with Gasteiger partial charge in [-0.3, -0.25) is 4.79 Å². The van der Waals surface area contributed by atoms with Crippen LogP contribution in [0.4, 0.5) is 4.39 Å². The molecule has 1 aliphatic heterocycles. The fourth-order valence-electron chi connectivity index (χ4n) is 2.54. The van der Waals surface area contributed by atoms with Gasteiger partial charge in [-0.25, -0.2) is 9.18 Å². The molecule has 110 valence electrons. The molecule has 0 spiro atoms. The van der Waals surface area contributed by atoms with Crippen molar-refractivity contribution in [2.45, 2.75) is 18.6 Å². The first-order valence-electron chi connectivity index (χ1n) is 6.37. The average Bonchev–Trinajstić information content (AvgIpc) is 3.02. The normalized spacial score (nSPS) is 21.9. The Balaban J connectivity index is 1.96. The lowest BCUT2D eigenvalue weighted by molar-refractivity contribution is -0.141. The number of thiophene rings is 1. The molecule has 0 unspecified atom stereocenters. The van der Waals surface area contributed by atoms with Gasteiger partial charge in [0.1, 0.15) is 11.9 Å². The lowest BCUT2D eigenvalue weighted by Crippen LogP contribution is -2.40. The molecule has 21 heavy (non-hydrogen) atoms. The summed E-state index contributed by atoms with van der Waals surface area (Å²) in [6, 6.07) is 4.96. The lowest BCUT2D eigenvalue weighted by atomic mass is 10.2. The van der Waals surface area contributed by atoms with Crippen LogP contribution in [-0.2, 0) is 4.79 Å². The van der Waals surface area contributed by atoms with Crippen molar-refractivity contribution in [3.8, 4) is 0 Å². The van der Waals surface area contributed by atoms with Crippen molar-refractivity contribution in [3.63, 3.8) is 0 Å². The number of amides is 1. The maximum absolute atomic E-state index is 13.7. The molecular weight excluding hydrogens is 297 g/mol. The SMILES string of the molecule is O=C(O)[C@@H]1C[C@H](O)CN1C(=O)c1cc2c(F)cccc2s1. The van der Waals surface area contributed by atoms with E-state index in [0.717, 1.165) is 16.2 Å². The van der Waals surface area contributed by atoms with E-state index in [-0.39, 0.29) is 17.8 Å². The number of hydrogen-bond acceptors (Lipinski definition) is 4. The Morgan fingerprint density at radius 1 is 1.38 bits per heavy atom. The van der Waals surface area contributed by atoms with Crippen molar-refractivity contribution < 1.29 is 24.2 Å². The molecule has 2 atom stereocenters. The highest BCUT2D eigenvalue weighted by Gasteiger charge is 2.39. The van der Waals surface area contributed by atoms with E-state index in [2.05, 4.69) is 0 Å². The van der Waals surface area contributed by atoms with E-state index in [1.165, 1.54) is 12.1 Å². The highest BCUT2D eigenvalue weighted by atomic mass is 32.1. The van der Waals surface area contributed by atoms with Crippen LogP contribution < -0.4 is 0 Å². The second kappa shape index (κ2) is 5.09. The minimum atomic E-state index is -1.15. The summed E-state index contributed by atoms with van der Waals surface area (Å²) >= 11 is 1.12. The number of β-amino-alcohol motifs (C(OH)–C–C–N with tert-alkyl or cyclic N) is 1. The third kappa shape index (κ3) is 2.38. The average molecular weight is 309 g/mol. The molecular formula is C14H12FNO4S. The number of hydrogen-bond donors (Lipinski definition) is 2. The lowest BCUT2D eigenvalue weighted by Gasteiger charge is -2.20. The first-order valence-corrected chi connectivity index (χ1v) is 7.19. The van der Waals surface area contributed by atoms with Crippen LogP contribution in [0.25, 0.3) is 10.1 Å². The molecule has 0 radical (unpaired) electrons. The van der Waals surface area contributed by atoms with E-state index >= 15 is 0 Å². The summed E-state index contributed by atoms with van der Waals surface area (Å²) in [4.78, 5) is 25.0. The van der Waals surface area contributed by atoms with Gasteiger partial charge in [-0.05, 0) is 18.2 Å². The van der Waals surface area contributed by atoms with Crippen molar-refractivity contribution in [1.82, 2.24) is 4.90 Å². The number of carboxylic acids is 1. The molecule has 1 fully saturated rings. The number of benzene rings is 1. The Hall–Kier alpha value is -1.99. The smallest absolute Gasteiger partial charge is 0.326 e. The molecule has 5 nitrogen and oxygen atoms in total. The molecule has 1 aliphatic rings. The number of rotatable bonds is 2. The molecule has 1 saturated heterocycles. The largest absolute Gasteiger partial charge is 0.480 e. The minimum Gasteiger partial charge on any atom is -0.480 e. The number of carboxylic acid groups (broad SMARTS) is 1. The highest BCUT2D eigenvalue weighted by molar-refractivity contribution is 7.20. The third-order valence-corrected chi connectivity index (χ3v) is 4.63. The predicted octanol–water partition coefficient (Wildman–Crippen LogP) is 1.70. The van der Waals surface area contributed by atoms with Crippen molar-refractivity contribution in [3.05, 3.63) is 35.0 Å². The van der Waals surface area contributed by atoms with Gasteiger partial charge in [-0.15, -0.1) is 11.3 Å². The van der Waals surface area contributed by atoms with E-state index in [0.29, 0.717) is 10.1 Å². The minimum absolute atomic E-state index is 0.0142. The fraction of sp³-hybridized carbons (Fsp3) is 0.286. The number of carbonyl (C=O) groups is 2. The Kier molecular flexibility index (Phi) is 3.38. The van der Waals surface area contributed by atoms with Gasteiger partial charge in [0.15, 0.2) is 0 Å². The van der Waals surface area contributed by atoms with E-state index in [9.17, 15) is 19.1 Å². The zero-order chi connectivity index (χ0) is 15.1. The maximum Gasteiger partial charge on any atom is 0.326 e. The number of aliphatic hydroxyl groups excluding tert-OH is 1. The molecule has 1 aromatic carbocycles. The van der Waals surface area contributed by atoms with Gasteiger partial charge >= 0.3 is 5.97 Å². The van der Waals surface area contributed by atoms with Gasteiger partial charge in [0.2, 0.25) is 0 Å². The molecule has 0 aliphatic carbocycles. The number of halogens is 1. The molecule has 0 saturated carbocycles. The van der Waals surface area contributed by atoms with Crippen LogP contribution in [0.5, 0.6) is 0 Å². The van der Waals surface area contributed by atoms with Crippen molar-refractivity contribution >= 4 is 33.3 Å². The van der Waals surface area contributed by atoms with Crippen LogP contribution >= 0.6 is 11.3 Å². The monoisotopic (exact) mass is 309 g/mol. The van der Waals surface area contributed by atoms with Gasteiger partial charge in [0.05, 0.1) is 11.0 Å². The summed E-state index contributed by atoms with van der Waals surface area (Å²) < 4.78 is 14.3. The van der Waals surface area contributed by atoms with Gasteiger partial charge in [0, 0.05) is 23.1 Å². The van der Waals surface area contributed by atoms with Crippen molar-refractivity contribution in [2.24, 2.45) is 0 Å². The summed E-state index contributed by atoms with van der Waals surface area (Å²) in [6.07, 6.45) is -0.832. The number of aliphatic carboxylic acids is 1. The Bertz CT molecular complexity index is 729. The first kappa shape index (κ1) is 14.0. The molecule has 0 bridgehead atoms. The van der Waals surface area contributed by atoms with Crippen molar-refractivity contribution in [1.29, 1.82) is 0 Å². The summed E-state index contributed by atoms with van der Waals surface area (Å²) in [5.41, 5.74) is 0. The molecule has 1 amide bonds. The molecule has 1 aromatic heterocycles. The maximum atomic E-state index is 13.7. The topological polar surface area (TPSA) is 77.8 Å². The Labute approximate surface area is 123 Å². The summed E-state index contributed by atoms with van der Waals surface area (Å²) in [7, 11) is 0. The van der Waals surface area contributed by atoms with Gasteiger partial charge in [0.25, 0.3) is 5.91 Å². The van der Waals surface area contributed by atoms with Crippen molar-refractivity contribution in [2.75, 3.05) is 6.54 Å². The quantitative estimate of drug-likeness (QED) is 0.885. The van der Waals surface area contributed by atoms with Gasteiger partial charge in [-0.2, -0.15) is 0 Å². The predicted molar refractivity (Wildman–Crippen MR) is 74.9 cm³/mol. The highest BCUT2D eigenvalue weighted by Crippen LogP contribution is 2.30. The number of nitrogens with zero attached hydrogens (tertiary/aromatic N) is 1. The second-order valence-corrected chi connectivity index (χ2v) is 6.05. The second-order valence-electron chi connectivity index (χ2n) is 4.96. The zero-order valence-corrected chi connectivity index (χ0v) is 11.6. The van der Waals surface area contributed by atoms with E-state index in [1.54, 1.807) is 12.1 Å². The standard InChI is InChI=1S/C14H12FNO4S/c15-9-2-1-3-11-8(9)5-12(21-11)13(18)16-6-7(17)4-10(16)14(19)20/h1-3,5,7,10,17H,4,6H2,(H,19,20)/t7-,10-/m0/s1. The third-order valence-electron chi connectivity index (χ3n) is 3.54. The van der Waals surface area contributed by atoms with Crippen LogP contribution in [-0.4, -0.2) is 45.7 Å². The van der Waals surface area contributed by atoms with Gasteiger partial charge in [-0.1, -0.05) is 6.07 Å². The van der Waals surface area contributed by atoms with Crippen LogP contribution in [0, 0.1) is 5.82 Å². The molecule has 2 aromatic rings. The first-order chi connectivity index (χ1) is 9.97. The number of aliphatic hydroxyl groups is 1. The summed E-state index contributed by atoms with van der Waals surface area (Å²) in [6.45, 7) is -0.0213. The van der Waals surface area contributed by atoms with E-state index < -0.39 is 29.8 Å². The zero-order valence-electron chi connectivity index (χ0n) is 10.8. The Morgan fingerprint density at radius 3 is 2.81 bits per heavy atom. The van der Waals surface area contributed by atoms with Crippen LogP contribution in [0.1, 0.15) is 16.1 Å². The van der Waals surface area contributed by atoms with E-state index in [4.69, 9.17) is 5.11 Å². The number of likely N-dealkylation sites (tertiary alicyclic amines) is 1. The number of carbonyl (C=O) groups excluding carboxylic acids is 1. The molecule has 7 heteroatoms. The van der Waals surface area contributed by atoms with E-state index in [1.807, 2.05) is 0 Å². The Morgan fingerprint density at radius 2 is 2.14 bits per heavy atom. The molecule has 2 heterocycles.